The van der Waals surface area contributed by atoms with Gasteiger partial charge in [-0.1, -0.05) is 30.3 Å². The van der Waals surface area contributed by atoms with Crippen molar-refractivity contribution in [3.8, 4) is 5.75 Å². The Morgan fingerprint density at radius 2 is 1.78 bits per heavy atom. The van der Waals surface area contributed by atoms with Crippen molar-refractivity contribution in [1.82, 2.24) is 15.1 Å². The third-order valence-electron chi connectivity index (χ3n) is 6.80. The van der Waals surface area contributed by atoms with E-state index in [1.807, 2.05) is 24.3 Å². The van der Waals surface area contributed by atoms with Crippen LogP contribution in [0.2, 0.25) is 0 Å². The molecule has 2 unspecified atom stereocenters. The first-order valence-corrected chi connectivity index (χ1v) is 11.9. The standard InChI is InChI=1S/C25H22B3N3O6/c26-20-13-37-25(27,28)24(35)31(20)10-14-4-6-15(7-5-14)12-36-19-3-1-2-16-17(19)11-30(23(16)34)18-8-9-21(32)29-22(18)33/h1-7,18,20H,8-13H2,(H,29,32,33). The Labute approximate surface area is 218 Å². The third-order valence-corrected chi connectivity index (χ3v) is 6.80. The van der Waals surface area contributed by atoms with Gasteiger partial charge in [0.05, 0.1) is 18.6 Å². The molecule has 2 aromatic carbocycles. The minimum absolute atomic E-state index is 0.0372. The number of nitrogens with zero attached hydrogens (tertiary/aromatic N) is 2. The number of nitrogens with one attached hydrogen (secondary N) is 1. The predicted octanol–water partition coefficient (Wildman–Crippen LogP) is -0.129. The van der Waals surface area contributed by atoms with E-state index in [2.05, 4.69) is 5.32 Å². The Balaban J connectivity index is 1.23. The van der Waals surface area contributed by atoms with Crippen LogP contribution in [-0.2, 0) is 38.8 Å². The fraction of sp³-hybridized carbons (Fsp3) is 0.360. The van der Waals surface area contributed by atoms with E-state index in [9.17, 15) is 19.2 Å². The Hall–Kier alpha value is -3.53. The van der Waals surface area contributed by atoms with Crippen LogP contribution in [0, 0.1) is 0 Å². The van der Waals surface area contributed by atoms with Gasteiger partial charge in [-0.15, -0.1) is 0 Å². The smallest absolute Gasteiger partial charge is 0.255 e. The van der Waals surface area contributed by atoms with Gasteiger partial charge in [-0.25, -0.2) is 0 Å². The summed E-state index contributed by atoms with van der Waals surface area (Å²) in [6.07, 6.45) is 0.492. The molecule has 3 aliphatic rings. The minimum Gasteiger partial charge on any atom is -0.489 e. The van der Waals surface area contributed by atoms with Crippen molar-refractivity contribution in [2.45, 2.75) is 49.9 Å². The topological polar surface area (TPSA) is 105 Å². The summed E-state index contributed by atoms with van der Waals surface area (Å²) in [4.78, 5) is 52.1. The van der Waals surface area contributed by atoms with Crippen molar-refractivity contribution in [3.63, 3.8) is 0 Å². The average molecular weight is 493 g/mol. The first-order valence-electron chi connectivity index (χ1n) is 11.9. The van der Waals surface area contributed by atoms with Crippen LogP contribution >= 0.6 is 0 Å². The molecular weight excluding hydrogens is 471 g/mol. The lowest BCUT2D eigenvalue weighted by atomic mass is 9.62. The molecule has 2 saturated heterocycles. The van der Waals surface area contributed by atoms with E-state index in [0.717, 1.165) is 11.1 Å². The van der Waals surface area contributed by atoms with Gasteiger partial charge in [0.1, 0.15) is 41.9 Å². The van der Waals surface area contributed by atoms with Gasteiger partial charge in [0.15, 0.2) is 0 Å². The van der Waals surface area contributed by atoms with Crippen LogP contribution < -0.4 is 10.1 Å². The molecule has 2 atom stereocenters. The highest BCUT2D eigenvalue weighted by Gasteiger charge is 2.40. The molecule has 12 heteroatoms. The molecule has 9 nitrogen and oxygen atoms in total. The summed E-state index contributed by atoms with van der Waals surface area (Å²) >= 11 is 0. The molecule has 3 aliphatic heterocycles. The number of fused-ring (bicyclic) bond motifs is 1. The summed E-state index contributed by atoms with van der Waals surface area (Å²) in [5, 5.41) is 0.410. The van der Waals surface area contributed by atoms with Crippen LogP contribution in [0.1, 0.15) is 39.9 Å². The summed E-state index contributed by atoms with van der Waals surface area (Å²) in [7, 11) is 17.4. The van der Waals surface area contributed by atoms with Gasteiger partial charge in [0, 0.05) is 30.0 Å². The molecule has 0 aromatic heterocycles. The fourth-order valence-corrected chi connectivity index (χ4v) is 4.73. The van der Waals surface area contributed by atoms with Crippen molar-refractivity contribution in [1.29, 1.82) is 0 Å². The highest BCUT2D eigenvalue weighted by molar-refractivity contribution is 6.50. The number of rotatable bonds is 6. The zero-order chi connectivity index (χ0) is 26.3. The molecule has 5 rings (SSSR count). The molecule has 0 bridgehead atoms. The molecular formula is C25H22B3N3O6. The molecule has 0 spiro atoms. The number of morpholine rings is 1. The number of hydrogen-bond acceptors (Lipinski definition) is 6. The Kier molecular flexibility index (Phi) is 6.62. The molecule has 6 radical (unpaired) electrons. The van der Waals surface area contributed by atoms with Crippen LogP contribution in [0.3, 0.4) is 0 Å². The molecule has 0 saturated carbocycles. The van der Waals surface area contributed by atoms with Crippen molar-refractivity contribution in [2.75, 3.05) is 6.61 Å². The summed E-state index contributed by atoms with van der Waals surface area (Å²) < 4.78 is 11.2. The maximum Gasteiger partial charge on any atom is 0.255 e. The molecule has 2 fully saturated rings. The van der Waals surface area contributed by atoms with Crippen LogP contribution in [0.15, 0.2) is 42.5 Å². The zero-order valence-corrected chi connectivity index (χ0v) is 20.0. The number of imide groups is 1. The lowest BCUT2D eigenvalue weighted by Gasteiger charge is -2.43. The molecule has 182 valence electrons. The van der Waals surface area contributed by atoms with Crippen molar-refractivity contribution >= 4 is 47.2 Å². The van der Waals surface area contributed by atoms with E-state index in [1.54, 1.807) is 18.2 Å². The van der Waals surface area contributed by atoms with E-state index in [4.69, 9.17) is 33.0 Å². The van der Waals surface area contributed by atoms with Crippen molar-refractivity contribution < 1.29 is 28.7 Å². The van der Waals surface area contributed by atoms with Crippen LogP contribution in [0.25, 0.3) is 0 Å². The van der Waals surface area contributed by atoms with Crippen molar-refractivity contribution in [2.24, 2.45) is 0 Å². The normalized spacial score (nSPS) is 23.1. The highest BCUT2D eigenvalue weighted by Crippen LogP contribution is 2.34. The van der Waals surface area contributed by atoms with Gasteiger partial charge in [0.25, 0.3) is 5.91 Å². The lowest BCUT2D eigenvalue weighted by Crippen LogP contribution is -2.61. The second kappa shape index (κ2) is 9.74. The first-order chi connectivity index (χ1) is 17.6. The molecule has 2 aromatic rings. The fourth-order valence-electron chi connectivity index (χ4n) is 4.73. The number of carbonyl (C=O) groups is 4. The van der Waals surface area contributed by atoms with E-state index >= 15 is 0 Å². The molecule has 0 aliphatic carbocycles. The Morgan fingerprint density at radius 3 is 2.51 bits per heavy atom. The van der Waals surface area contributed by atoms with Gasteiger partial charge < -0.3 is 19.3 Å². The molecule has 1 N–H and O–H groups in total. The van der Waals surface area contributed by atoms with Gasteiger partial charge in [0.2, 0.25) is 17.7 Å². The number of benzene rings is 2. The lowest BCUT2D eigenvalue weighted by molar-refractivity contribution is -0.153. The summed E-state index contributed by atoms with van der Waals surface area (Å²) in [5.74, 6) is -1.73. The largest absolute Gasteiger partial charge is 0.489 e. The second-order valence-electron chi connectivity index (χ2n) is 9.39. The number of carbonyl (C=O) groups excluding carboxylic acids is 4. The summed E-state index contributed by atoms with van der Waals surface area (Å²) in [5.41, 5.74) is 2.90. The predicted molar refractivity (Wildman–Crippen MR) is 134 cm³/mol. The SMILES string of the molecule is [B]C1COC([B])([B])C(=O)N1Cc1ccc(COc2cccc3c2CN(C2CCC(=O)NC2=O)C3=O)cc1. The monoisotopic (exact) mass is 493 g/mol. The second-order valence-corrected chi connectivity index (χ2v) is 9.39. The Bertz CT molecular complexity index is 1270. The van der Waals surface area contributed by atoms with Gasteiger partial charge in [-0.3, -0.25) is 24.5 Å². The van der Waals surface area contributed by atoms with E-state index < -0.39 is 29.2 Å². The van der Waals surface area contributed by atoms with Crippen molar-refractivity contribution in [3.05, 3.63) is 64.7 Å². The number of amides is 4. The van der Waals surface area contributed by atoms with Crippen LogP contribution in [-0.4, -0.2) is 81.0 Å². The number of hydrogen-bond donors (Lipinski definition) is 1. The maximum absolute atomic E-state index is 13.0. The maximum atomic E-state index is 13.0. The summed E-state index contributed by atoms with van der Waals surface area (Å²) in [6.45, 7) is 0.738. The zero-order valence-electron chi connectivity index (χ0n) is 20.0. The van der Waals surface area contributed by atoms with Crippen LogP contribution in [0.4, 0.5) is 0 Å². The van der Waals surface area contributed by atoms with Gasteiger partial charge in [-0.2, -0.15) is 0 Å². The van der Waals surface area contributed by atoms with E-state index in [0.29, 0.717) is 23.3 Å². The number of piperidine rings is 1. The van der Waals surface area contributed by atoms with Gasteiger partial charge >= 0.3 is 0 Å². The van der Waals surface area contributed by atoms with E-state index in [1.165, 1.54) is 9.80 Å². The van der Waals surface area contributed by atoms with Gasteiger partial charge in [-0.05, 0) is 29.7 Å². The third kappa shape index (κ3) is 4.90. The summed E-state index contributed by atoms with van der Waals surface area (Å²) in [6, 6.07) is 12.0. The Morgan fingerprint density at radius 1 is 1.05 bits per heavy atom. The molecule has 3 heterocycles. The quantitative estimate of drug-likeness (QED) is 0.445. The minimum atomic E-state index is -1.89. The highest BCUT2D eigenvalue weighted by atomic mass is 16.5. The molecule has 4 amide bonds. The first kappa shape index (κ1) is 25.1. The number of ether oxygens (including phenoxy) is 2. The average Bonchev–Trinajstić information content (AvgIpc) is 3.21. The van der Waals surface area contributed by atoms with E-state index in [-0.39, 0.29) is 44.5 Å². The molecule has 37 heavy (non-hydrogen) atoms. The van der Waals surface area contributed by atoms with Crippen LogP contribution in [0.5, 0.6) is 5.75 Å².